The number of ether oxygens (including phenoxy) is 1. The van der Waals surface area contributed by atoms with Crippen LogP contribution in [0, 0.1) is 11.3 Å². The fourth-order valence-corrected chi connectivity index (χ4v) is 2.00. The van der Waals surface area contributed by atoms with Gasteiger partial charge >= 0.3 is 0 Å². The highest BCUT2D eigenvalue weighted by Crippen LogP contribution is 2.25. The third kappa shape index (κ3) is 2.73. The van der Waals surface area contributed by atoms with Crippen molar-refractivity contribution in [3.63, 3.8) is 0 Å². The van der Waals surface area contributed by atoms with Crippen LogP contribution in [0.5, 0.6) is 0 Å². The van der Waals surface area contributed by atoms with E-state index >= 15 is 0 Å². The van der Waals surface area contributed by atoms with Crippen LogP contribution < -0.4 is 11.1 Å². The largest absolute Gasteiger partial charge is 0.396 e. The first-order chi connectivity index (χ1) is 8.64. The Morgan fingerprint density at radius 3 is 2.83 bits per heavy atom. The minimum absolute atomic E-state index is 0.412. The van der Waals surface area contributed by atoms with Gasteiger partial charge in [-0.1, -0.05) is 6.07 Å². The standard InChI is InChI=1S/C13H17N3O2/c14-8-10-2-1-3-11(12(10)15)16-9-13(17)4-6-18-7-5-13/h1-3,16-17H,4-7,9,15H2. The van der Waals surface area contributed by atoms with Crippen LogP contribution in [0.25, 0.3) is 0 Å². The van der Waals surface area contributed by atoms with Gasteiger partial charge in [-0.15, -0.1) is 0 Å². The molecule has 5 nitrogen and oxygen atoms in total. The van der Waals surface area contributed by atoms with Crippen LogP contribution in [0.1, 0.15) is 18.4 Å². The highest BCUT2D eigenvalue weighted by Gasteiger charge is 2.29. The number of anilines is 2. The molecule has 0 saturated carbocycles. The first-order valence-corrected chi connectivity index (χ1v) is 5.97. The second kappa shape index (κ2) is 5.25. The van der Waals surface area contributed by atoms with E-state index in [0.29, 0.717) is 49.5 Å². The quantitative estimate of drug-likeness (QED) is 0.695. The van der Waals surface area contributed by atoms with Crippen LogP contribution >= 0.6 is 0 Å². The summed E-state index contributed by atoms with van der Waals surface area (Å²) in [6.07, 6.45) is 1.22. The van der Waals surface area contributed by atoms with Crippen LogP contribution in [-0.4, -0.2) is 30.5 Å². The fraction of sp³-hybridized carbons (Fsp3) is 0.462. The number of hydrogen-bond acceptors (Lipinski definition) is 5. The molecule has 1 saturated heterocycles. The minimum Gasteiger partial charge on any atom is -0.396 e. The molecule has 18 heavy (non-hydrogen) atoms. The van der Waals surface area contributed by atoms with E-state index in [0.717, 1.165) is 0 Å². The van der Waals surface area contributed by atoms with Gasteiger partial charge in [0.15, 0.2) is 0 Å². The molecular weight excluding hydrogens is 230 g/mol. The molecule has 1 aliphatic rings. The highest BCUT2D eigenvalue weighted by molar-refractivity contribution is 5.72. The van der Waals surface area contributed by atoms with Crippen LogP contribution in [0.15, 0.2) is 18.2 Å². The number of nitrogens with two attached hydrogens (primary N) is 1. The van der Waals surface area contributed by atoms with Gasteiger partial charge in [0.2, 0.25) is 0 Å². The van der Waals surface area contributed by atoms with E-state index in [2.05, 4.69) is 5.32 Å². The zero-order valence-electron chi connectivity index (χ0n) is 10.1. The molecule has 1 heterocycles. The molecule has 1 aromatic carbocycles. The molecule has 4 N–H and O–H groups in total. The Balaban J connectivity index is 2.04. The fourth-order valence-electron chi connectivity index (χ4n) is 2.00. The summed E-state index contributed by atoms with van der Waals surface area (Å²) >= 11 is 0. The van der Waals surface area contributed by atoms with Crippen LogP contribution in [0.4, 0.5) is 11.4 Å². The van der Waals surface area contributed by atoms with E-state index in [1.165, 1.54) is 0 Å². The minimum atomic E-state index is -0.757. The van der Waals surface area contributed by atoms with Gasteiger partial charge < -0.3 is 20.9 Å². The van der Waals surface area contributed by atoms with Gasteiger partial charge in [0.1, 0.15) is 6.07 Å². The van der Waals surface area contributed by atoms with E-state index in [-0.39, 0.29) is 0 Å². The third-order valence-corrected chi connectivity index (χ3v) is 3.26. The highest BCUT2D eigenvalue weighted by atomic mass is 16.5. The summed E-state index contributed by atoms with van der Waals surface area (Å²) < 4.78 is 5.22. The third-order valence-electron chi connectivity index (χ3n) is 3.26. The maximum Gasteiger partial charge on any atom is 0.101 e. The zero-order valence-corrected chi connectivity index (χ0v) is 10.1. The number of nitrogens with one attached hydrogen (secondary N) is 1. The number of nitrogen functional groups attached to an aromatic ring is 1. The van der Waals surface area contributed by atoms with Gasteiger partial charge in [-0.3, -0.25) is 0 Å². The predicted molar refractivity (Wildman–Crippen MR) is 69.1 cm³/mol. The van der Waals surface area contributed by atoms with Crippen molar-refractivity contribution in [2.75, 3.05) is 30.8 Å². The van der Waals surface area contributed by atoms with Crippen molar-refractivity contribution < 1.29 is 9.84 Å². The van der Waals surface area contributed by atoms with Gasteiger partial charge in [0.05, 0.1) is 22.5 Å². The van der Waals surface area contributed by atoms with Gasteiger partial charge in [-0.2, -0.15) is 5.26 Å². The molecule has 0 atom stereocenters. The molecule has 1 aromatic rings. The zero-order chi connectivity index (χ0) is 13.0. The monoisotopic (exact) mass is 247 g/mol. The number of para-hydroxylation sites is 1. The van der Waals surface area contributed by atoms with Crippen molar-refractivity contribution in [2.45, 2.75) is 18.4 Å². The van der Waals surface area contributed by atoms with Gasteiger partial charge in [0.25, 0.3) is 0 Å². The maximum absolute atomic E-state index is 10.3. The topological polar surface area (TPSA) is 91.3 Å². The molecule has 0 unspecified atom stereocenters. The molecule has 0 bridgehead atoms. The Hall–Kier alpha value is -1.77. The van der Waals surface area contributed by atoms with Gasteiger partial charge in [-0.25, -0.2) is 0 Å². The van der Waals surface area contributed by atoms with Gasteiger partial charge in [0, 0.05) is 32.6 Å². The van der Waals surface area contributed by atoms with Crippen molar-refractivity contribution in [1.82, 2.24) is 0 Å². The lowest BCUT2D eigenvalue weighted by Crippen LogP contribution is -2.42. The van der Waals surface area contributed by atoms with Gasteiger partial charge in [-0.05, 0) is 12.1 Å². The van der Waals surface area contributed by atoms with Crippen LogP contribution in [0.3, 0.4) is 0 Å². The molecule has 1 fully saturated rings. The van der Waals surface area contributed by atoms with Crippen molar-refractivity contribution in [3.8, 4) is 6.07 Å². The maximum atomic E-state index is 10.3. The summed E-state index contributed by atoms with van der Waals surface area (Å²) in [6.45, 7) is 1.56. The Morgan fingerprint density at radius 1 is 1.44 bits per heavy atom. The average molecular weight is 247 g/mol. The summed E-state index contributed by atoms with van der Waals surface area (Å²) in [5, 5.41) is 22.3. The summed E-state index contributed by atoms with van der Waals surface area (Å²) in [5.41, 5.74) is 6.66. The average Bonchev–Trinajstić information content (AvgIpc) is 2.38. The molecule has 96 valence electrons. The second-order valence-corrected chi connectivity index (χ2v) is 4.57. The van der Waals surface area contributed by atoms with Crippen LogP contribution in [-0.2, 0) is 4.74 Å². The molecule has 0 spiro atoms. The van der Waals surface area contributed by atoms with Crippen LogP contribution in [0.2, 0.25) is 0 Å². The summed E-state index contributed by atoms with van der Waals surface area (Å²) in [6, 6.07) is 7.28. The molecular formula is C13H17N3O2. The lowest BCUT2D eigenvalue weighted by atomic mass is 9.94. The summed E-state index contributed by atoms with van der Waals surface area (Å²) in [4.78, 5) is 0. The van der Waals surface area contributed by atoms with E-state index in [1.807, 2.05) is 6.07 Å². The Labute approximate surface area is 106 Å². The summed E-state index contributed by atoms with van der Waals surface area (Å²) in [5.74, 6) is 0. The summed E-state index contributed by atoms with van der Waals surface area (Å²) in [7, 11) is 0. The van der Waals surface area contributed by atoms with Crippen molar-refractivity contribution in [3.05, 3.63) is 23.8 Å². The number of benzene rings is 1. The SMILES string of the molecule is N#Cc1cccc(NCC2(O)CCOCC2)c1N. The Kier molecular flexibility index (Phi) is 3.70. The number of aliphatic hydroxyl groups is 1. The van der Waals surface area contributed by atoms with E-state index in [9.17, 15) is 5.11 Å². The van der Waals surface area contributed by atoms with E-state index in [4.69, 9.17) is 15.7 Å². The number of nitrogens with zero attached hydrogens (tertiary/aromatic N) is 1. The molecule has 1 aliphatic heterocycles. The second-order valence-electron chi connectivity index (χ2n) is 4.57. The molecule has 0 aliphatic carbocycles. The molecule has 5 heteroatoms. The van der Waals surface area contributed by atoms with E-state index < -0.39 is 5.60 Å². The normalized spacial score (nSPS) is 18.0. The Bertz CT molecular complexity index is 462. The number of rotatable bonds is 3. The number of nitriles is 1. The lowest BCUT2D eigenvalue weighted by Gasteiger charge is -2.32. The van der Waals surface area contributed by atoms with Crippen molar-refractivity contribution in [2.24, 2.45) is 0 Å². The molecule has 0 aromatic heterocycles. The predicted octanol–water partition coefficient (Wildman–Crippen LogP) is 1.09. The van der Waals surface area contributed by atoms with Crippen molar-refractivity contribution in [1.29, 1.82) is 5.26 Å². The molecule has 0 radical (unpaired) electrons. The smallest absolute Gasteiger partial charge is 0.101 e. The van der Waals surface area contributed by atoms with Crippen molar-refractivity contribution >= 4 is 11.4 Å². The molecule has 0 amide bonds. The first-order valence-electron chi connectivity index (χ1n) is 5.97. The Morgan fingerprint density at radius 2 is 2.17 bits per heavy atom. The van der Waals surface area contributed by atoms with E-state index in [1.54, 1.807) is 18.2 Å². The lowest BCUT2D eigenvalue weighted by molar-refractivity contribution is -0.0543. The molecule has 2 rings (SSSR count). The number of hydrogen-bond donors (Lipinski definition) is 3. The first kappa shape index (κ1) is 12.7.